The van der Waals surface area contributed by atoms with E-state index in [9.17, 15) is 18.0 Å². The van der Waals surface area contributed by atoms with Crippen LogP contribution in [-0.2, 0) is 13.0 Å². The second-order valence-electron chi connectivity index (χ2n) is 5.66. The molecule has 0 radical (unpaired) electrons. The zero-order chi connectivity index (χ0) is 18.7. The van der Waals surface area contributed by atoms with E-state index < -0.39 is 24.1 Å². The molecule has 0 atom stereocenters. The Morgan fingerprint density at radius 3 is 2.74 bits per heavy atom. The van der Waals surface area contributed by atoms with Crippen LogP contribution in [0.1, 0.15) is 21.5 Å². The molecule has 0 aromatic heterocycles. The summed E-state index contributed by atoms with van der Waals surface area (Å²) in [5, 5.41) is 5.56. The molecule has 0 unspecified atom stereocenters. The van der Waals surface area contributed by atoms with Crippen molar-refractivity contribution in [3.63, 3.8) is 0 Å². The van der Waals surface area contributed by atoms with Crippen molar-refractivity contribution in [1.29, 1.82) is 0 Å². The van der Waals surface area contributed by atoms with E-state index in [1.54, 1.807) is 6.07 Å². The topological polar surface area (TPSA) is 59.6 Å². The lowest BCUT2D eigenvalue weighted by molar-refractivity contribution is -0.0515. The lowest BCUT2D eigenvalue weighted by atomic mass is 9.99. The Morgan fingerprint density at radius 1 is 1.26 bits per heavy atom. The van der Waals surface area contributed by atoms with Gasteiger partial charge in [-0.15, -0.1) is 12.4 Å². The zero-order valence-corrected chi connectivity index (χ0v) is 15.2. The summed E-state index contributed by atoms with van der Waals surface area (Å²) < 4.78 is 49.4. The molecule has 146 valence electrons. The quantitative estimate of drug-likeness (QED) is 0.799. The first-order valence-electron chi connectivity index (χ1n) is 7.95. The Kier molecular flexibility index (Phi) is 6.92. The number of carbonyl (C=O) groups excluding carboxylic acids is 1. The number of amides is 1. The highest BCUT2D eigenvalue weighted by molar-refractivity contribution is 6.06. The molecule has 1 aliphatic rings. The van der Waals surface area contributed by atoms with Crippen LogP contribution in [0, 0.1) is 5.82 Å². The predicted molar refractivity (Wildman–Crippen MR) is 96.6 cm³/mol. The maximum absolute atomic E-state index is 14.7. The number of carbonyl (C=O) groups is 1. The molecule has 2 N–H and O–H groups in total. The second-order valence-corrected chi connectivity index (χ2v) is 5.66. The van der Waals surface area contributed by atoms with E-state index in [0.717, 1.165) is 5.56 Å². The summed E-state index contributed by atoms with van der Waals surface area (Å²) in [6, 6.07) is 7.33. The average molecular weight is 403 g/mol. The minimum Gasteiger partial charge on any atom is -0.493 e. The first kappa shape index (κ1) is 20.9. The number of rotatable bonds is 5. The normalized spacial score (nSPS) is 12.8. The third-order valence-corrected chi connectivity index (χ3v) is 4.11. The number of hydrogen-bond donors (Lipinski definition) is 2. The Bertz CT molecular complexity index is 834. The van der Waals surface area contributed by atoms with Gasteiger partial charge in [0.05, 0.1) is 18.4 Å². The molecule has 2 aromatic carbocycles. The van der Waals surface area contributed by atoms with Crippen LogP contribution in [0.15, 0.2) is 30.3 Å². The average Bonchev–Trinajstić information content (AvgIpc) is 2.64. The molecule has 3 rings (SSSR count). The molecule has 0 aliphatic carbocycles. The van der Waals surface area contributed by atoms with Crippen molar-refractivity contribution < 1.29 is 27.4 Å². The number of anilines is 1. The van der Waals surface area contributed by atoms with Crippen LogP contribution in [0.25, 0.3) is 0 Å². The number of ether oxygens (including phenoxy) is 2. The van der Waals surface area contributed by atoms with Crippen LogP contribution in [-0.4, -0.2) is 26.2 Å². The van der Waals surface area contributed by atoms with Gasteiger partial charge in [-0.2, -0.15) is 8.78 Å². The van der Waals surface area contributed by atoms with Crippen molar-refractivity contribution in [3.8, 4) is 11.5 Å². The third-order valence-electron chi connectivity index (χ3n) is 4.11. The number of fused-ring (bicyclic) bond motifs is 1. The van der Waals surface area contributed by atoms with Crippen molar-refractivity contribution in [2.24, 2.45) is 0 Å². The highest BCUT2D eigenvalue weighted by Crippen LogP contribution is 2.33. The maximum Gasteiger partial charge on any atom is 0.387 e. The number of para-hydroxylation sites is 1. The standard InChI is InChI=1S/C18H17F3N2O3.ClH/c1-25-14-4-2-3-12(16(14)26-18(20)21)17(24)23-13-6-5-10-9-22-8-7-11(10)15(13)19;/h2-6,18,22H,7-9H2,1H3,(H,23,24);1H. The summed E-state index contributed by atoms with van der Waals surface area (Å²) in [4.78, 5) is 12.5. The van der Waals surface area contributed by atoms with E-state index in [-0.39, 0.29) is 29.4 Å². The van der Waals surface area contributed by atoms with Gasteiger partial charge in [-0.05, 0) is 42.3 Å². The van der Waals surface area contributed by atoms with Crippen LogP contribution in [0.3, 0.4) is 0 Å². The number of benzene rings is 2. The molecule has 1 heterocycles. The largest absolute Gasteiger partial charge is 0.493 e. The molecule has 2 aromatic rings. The number of alkyl halides is 2. The summed E-state index contributed by atoms with van der Waals surface area (Å²) in [6.45, 7) is -1.93. The van der Waals surface area contributed by atoms with Crippen LogP contribution in [0.5, 0.6) is 11.5 Å². The fourth-order valence-corrected chi connectivity index (χ4v) is 2.89. The summed E-state index contributed by atoms with van der Waals surface area (Å²) in [6.07, 6.45) is 0.504. The lowest BCUT2D eigenvalue weighted by Crippen LogP contribution is -2.25. The summed E-state index contributed by atoms with van der Waals surface area (Å²) >= 11 is 0. The molecule has 0 saturated carbocycles. The van der Waals surface area contributed by atoms with Gasteiger partial charge in [-0.3, -0.25) is 4.79 Å². The molecule has 5 nitrogen and oxygen atoms in total. The van der Waals surface area contributed by atoms with Gasteiger partial charge in [0.15, 0.2) is 11.5 Å². The number of nitrogens with one attached hydrogen (secondary N) is 2. The van der Waals surface area contributed by atoms with Crippen LogP contribution >= 0.6 is 12.4 Å². The van der Waals surface area contributed by atoms with Gasteiger partial charge >= 0.3 is 6.61 Å². The van der Waals surface area contributed by atoms with Gasteiger partial charge in [0, 0.05) is 6.54 Å². The van der Waals surface area contributed by atoms with Crippen molar-refractivity contribution >= 4 is 24.0 Å². The number of hydrogen-bond acceptors (Lipinski definition) is 4. The first-order chi connectivity index (χ1) is 12.5. The molecule has 27 heavy (non-hydrogen) atoms. The number of methoxy groups -OCH3 is 1. The van der Waals surface area contributed by atoms with E-state index >= 15 is 0 Å². The Balaban J connectivity index is 0.00000261. The highest BCUT2D eigenvalue weighted by atomic mass is 35.5. The third kappa shape index (κ3) is 4.45. The van der Waals surface area contributed by atoms with E-state index in [1.807, 2.05) is 0 Å². The second kappa shape index (κ2) is 8.96. The van der Waals surface area contributed by atoms with Crippen molar-refractivity contribution in [2.45, 2.75) is 19.6 Å². The van der Waals surface area contributed by atoms with Crippen molar-refractivity contribution in [1.82, 2.24) is 5.32 Å². The lowest BCUT2D eigenvalue weighted by Gasteiger charge is -2.20. The maximum atomic E-state index is 14.7. The van der Waals surface area contributed by atoms with Gasteiger partial charge in [0.2, 0.25) is 0 Å². The van der Waals surface area contributed by atoms with Gasteiger partial charge in [-0.25, -0.2) is 4.39 Å². The molecule has 9 heteroatoms. The number of halogens is 4. The van der Waals surface area contributed by atoms with E-state index in [0.29, 0.717) is 25.1 Å². The molecule has 0 bridgehead atoms. The predicted octanol–water partition coefficient (Wildman–Crippen LogP) is 3.76. The first-order valence-corrected chi connectivity index (χ1v) is 7.95. The van der Waals surface area contributed by atoms with E-state index in [4.69, 9.17) is 4.74 Å². The fraction of sp³-hybridized carbons (Fsp3) is 0.278. The molecular weight excluding hydrogens is 385 g/mol. The van der Waals surface area contributed by atoms with Crippen molar-refractivity contribution in [3.05, 3.63) is 52.8 Å². The van der Waals surface area contributed by atoms with E-state index in [1.165, 1.54) is 31.4 Å². The molecule has 0 fully saturated rings. The van der Waals surface area contributed by atoms with E-state index in [2.05, 4.69) is 15.4 Å². The summed E-state index contributed by atoms with van der Waals surface area (Å²) in [7, 11) is 1.27. The molecular formula is C18H18ClF3N2O3. The Morgan fingerprint density at radius 2 is 2.04 bits per heavy atom. The molecule has 1 aliphatic heterocycles. The molecule has 0 spiro atoms. The van der Waals surface area contributed by atoms with Gasteiger partial charge < -0.3 is 20.1 Å². The minimum absolute atomic E-state index is 0. The monoisotopic (exact) mass is 402 g/mol. The summed E-state index contributed by atoms with van der Waals surface area (Å²) in [5.41, 5.74) is 1.18. The zero-order valence-electron chi connectivity index (χ0n) is 14.4. The van der Waals surface area contributed by atoms with Crippen LogP contribution in [0.4, 0.5) is 18.9 Å². The van der Waals surface area contributed by atoms with Crippen LogP contribution < -0.4 is 20.1 Å². The highest BCUT2D eigenvalue weighted by Gasteiger charge is 2.22. The summed E-state index contributed by atoms with van der Waals surface area (Å²) in [5.74, 6) is -1.70. The molecule has 0 saturated heterocycles. The molecule has 1 amide bonds. The van der Waals surface area contributed by atoms with Gasteiger partial charge in [0.1, 0.15) is 5.82 Å². The smallest absolute Gasteiger partial charge is 0.387 e. The minimum atomic E-state index is -3.13. The van der Waals surface area contributed by atoms with Gasteiger partial charge in [0.25, 0.3) is 5.91 Å². The Labute approximate surface area is 160 Å². The van der Waals surface area contributed by atoms with Crippen LogP contribution in [0.2, 0.25) is 0 Å². The SMILES string of the molecule is COc1cccc(C(=O)Nc2ccc3c(c2F)CCNC3)c1OC(F)F.Cl. The van der Waals surface area contributed by atoms with Gasteiger partial charge in [-0.1, -0.05) is 12.1 Å². The van der Waals surface area contributed by atoms with Crippen molar-refractivity contribution in [2.75, 3.05) is 19.0 Å². The fourth-order valence-electron chi connectivity index (χ4n) is 2.89. The Hall–Kier alpha value is -2.45.